The Kier molecular flexibility index (Phi) is 3.52. The van der Waals surface area contributed by atoms with Gasteiger partial charge in [0, 0.05) is 16.5 Å². The lowest BCUT2D eigenvalue weighted by Gasteiger charge is -2.11. The molecule has 3 rings (SSSR count). The first-order chi connectivity index (χ1) is 9.25. The molecule has 0 aliphatic heterocycles. The van der Waals surface area contributed by atoms with E-state index in [-0.39, 0.29) is 0 Å². The van der Waals surface area contributed by atoms with Crippen molar-refractivity contribution in [2.45, 2.75) is 25.7 Å². The van der Waals surface area contributed by atoms with Gasteiger partial charge in [0.1, 0.15) is 0 Å². The van der Waals surface area contributed by atoms with E-state index in [1.807, 2.05) is 12.1 Å². The third-order valence-electron chi connectivity index (χ3n) is 3.68. The van der Waals surface area contributed by atoms with Gasteiger partial charge >= 0.3 is 0 Å². The van der Waals surface area contributed by atoms with Gasteiger partial charge < -0.3 is 0 Å². The van der Waals surface area contributed by atoms with Crippen molar-refractivity contribution >= 4 is 21.7 Å². The molecule has 0 saturated carbocycles. The summed E-state index contributed by atoms with van der Waals surface area (Å²) >= 11 is 3.45. The number of hydrogen-bond donors (Lipinski definition) is 0. The fourth-order valence-electron chi connectivity index (χ4n) is 2.73. The standard InChI is InChI=1S/C17H15BrO/c18-14-10-8-12(9-11-14)15-6-3-5-13-4-1-2-7-16(19)17(13)15/h3,5-6,8-11H,1-2,4,7H2. The average molecular weight is 315 g/mol. The third-order valence-corrected chi connectivity index (χ3v) is 4.21. The molecule has 0 fully saturated rings. The minimum absolute atomic E-state index is 0.297. The van der Waals surface area contributed by atoms with Crippen LogP contribution in [0, 0.1) is 0 Å². The van der Waals surface area contributed by atoms with Crippen molar-refractivity contribution < 1.29 is 4.79 Å². The smallest absolute Gasteiger partial charge is 0.163 e. The lowest BCUT2D eigenvalue weighted by atomic mass is 9.92. The molecule has 96 valence electrons. The SMILES string of the molecule is O=C1CCCCc2cccc(-c3ccc(Br)cc3)c21. The topological polar surface area (TPSA) is 17.1 Å². The summed E-state index contributed by atoms with van der Waals surface area (Å²) in [5.74, 6) is 0.297. The van der Waals surface area contributed by atoms with Crippen LogP contribution in [0.2, 0.25) is 0 Å². The number of ketones is 1. The molecule has 0 N–H and O–H groups in total. The zero-order valence-electron chi connectivity index (χ0n) is 10.7. The van der Waals surface area contributed by atoms with Crippen molar-refractivity contribution in [3.05, 3.63) is 58.1 Å². The molecule has 0 atom stereocenters. The number of carbonyl (C=O) groups is 1. The zero-order chi connectivity index (χ0) is 13.2. The van der Waals surface area contributed by atoms with Crippen molar-refractivity contribution in [1.29, 1.82) is 0 Å². The molecule has 0 heterocycles. The molecule has 2 aromatic carbocycles. The minimum Gasteiger partial charge on any atom is -0.294 e. The van der Waals surface area contributed by atoms with Crippen LogP contribution in [0.25, 0.3) is 11.1 Å². The van der Waals surface area contributed by atoms with E-state index in [9.17, 15) is 4.79 Å². The molecule has 19 heavy (non-hydrogen) atoms. The Morgan fingerprint density at radius 1 is 0.895 bits per heavy atom. The molecule has 1 aliphatic rings. The summed E-state index contributed by atoms with van der Waals surface area (Å²) in [5.41, 5.74) is 4.36. The first-order valence-corrected chi connectivity index (χ1v) is 7.46. The summed E-state index contributed by atoms with van der Waals surface area (Å²) < 4.78 is 1.06. The van der Waals surface area contributed by atoms with Crippen molar-refractivity contribution in [1.82, 2.24) is 0 Å². The lowest BCUT2D eigenvalue weighted by Crippen LogP contribution is -2.03. The number of aryl methyl sites for hydroxylation is 1. The Morgan fingerprint density at radius 3 is 2.42 bits per heavy atom. The Bertz CT molecular complexity index is 614. The molecule has 0 aromatic heterocycles. The number of Topliss-reactive ketones (excluding diaryl/α,β-unsaturated/α-hetero) is 1. The predicted molar refractivity (Wildman–Crippen MR) is 81.5 cm³/mol. The second-order valence-corrected chi connectivity index (χ2v) is 5.89. The number of hydrogen-bond acceptors (Lipinski definition) is 1. The summed E-state index contributed by atoms with van der Waals surface area (Å²) in [4.78, 5) is 12.4. The van der Waals surface area contributed by atoms with Crippen LogP contribution >= 0.6 is 15.9 Å². The fraction of sp³-hybridized carbons (Fsp3) is 0.235. The van der Waals surface area contributed by atoms with Gasteiger partial charge in [-0.05, 0) is 48.1 Å². The van der Waals surface area contributed by atoms with E-state index in [1.165, 1.54) is 5.56 Å². The Morgan fingerprint density at radius 2 is 1.63 bits per heavy atom. The predicted octanol–water partition coefficient (Wildman–Crippen LogP) is 5.03. The molecule has 1 nitrogen and oxygen atoms in total. The number of carbonyl (C=O) groups excluding carboxylic acids is 1. The van der Waals surface area contributed by atoms with E-state index in [0.29, 0.717) is 12.2 Å². The Balaban J connectivity index is 2.17. The maximum Gasteiger partial charge on any atom is 0.163 e. The summed E-state index contributed by atoms with van der Waals surface area (Å²) in [6, 6.07) is 14.4. The molecule has 2 aromatic rings. The van der Waals surface area contributed by atoms with Crippen molar-refractivity contribution in [3.8, 4) is 11.1 Å². The van der Waals surface area contributed by atoms with Gasteiger partial charge in [-0.15, -0.1) is 0 Å². The normalized spacial score (nSPS) is 14.9. The minimum atomic E-state index is 0.297. The lowest BCUT2D eigenvalue weighted by molar-refractivity contribution is 0.0982. The molecule has 0 amide bonds. The zero-order valence-corrected chi connectivity index (χ0v) is 12.2. The first-order valence-electron chi connectivity index (χ1n) is 6.67. The molecule has 0 bridgehead atoms. The second-order valence-electron chi connectivity index (χ2n) is 4.98. The van der Waals surface area contributed by atoms with E-state index >= 15 is 0 Å². The summed E-state index contributed by atoms with van der Waals surface area (Å²) in [7, 11) is 0. The van der Waals surface area contributed by atoms with Crippen LogP contribution in [0.15, 0.2) is 46.9 Å². The van der Waals surface area contributed by atoms with Gasteiger partial charge in [0.15, 0.2) is 5.78 Å². The molecule has 0 spiro atoms. The van der Waals surface area contributed by atoms with Gasteiger partial charge in [0.05, 0.1) is 0 Å². The van der Waals surface area contributed by atoms with Crippen LogP contribution in [0.4, 0.5) is 0 Å². The van der Waals surface area contributed by atoms with Crippen LogP contribution in [-0.2, 0) is 6.42 Å². The van der Waals surface area contributed by atoms with E-state index < -0.39 is 0 Å². The van der Waals surface area contributed by atoms with Crippen LogP contribution in [0.5, 0.6) is 0 Å². The van der Waals surface area contributed by atoms with Gasteiger partial charge in [-0.3, -0.25) is 4.79 Å². The van der Waals surface area contributed by atoms with Crippen molar-refractivity contribution in [2.75, 3.05) is 0 Å². The Hall–Kier alpha value is -1.41. The third kappa shape index (κ3) is 2.50. The quantitative estimate of drug-likeness (QED) is 0.675. The summed E-state index contributed by atoms with van der Waals surface area (Å²) in [5, 5.41) is 0. The maximum atomic E-state index is 12.4. The Labute approximate surface area is 121 Å². The van der Waals surface area contributed by atoms with Crippen LogP contribution < -0.4 is 0 Å². The number of fused-ring (bicyclic) bond motifs is 1. The fourth-order valence-corrected chi connectivity index (χ4v) is 3.00. The van der Waals surface area contributed by atoms with Gasteiger partial charge in [0.25, 0.3) is 0 Å². The highest BCUT2D eigenvalue weighted by atomic mass is 79.9. The van der Waals surface area contributed by atoms with E-state index in [1.54, 1.807) is 0 Å². The number of rotatable bonds is 1. The first kappa shape index (κ1) is 12.6. The van der Waals surface area contributed by atoms with Gasteiger partial charge in [-0.1, -0.05) is 46.3 Å². The van der Waals surface area contributed by atoms with Crippen molar-refractivity contribution in [2.24, 2.45) is 0 Å². The van der Waals surface area contributed by atoms with Crippen molar-refractivity contribution in [3.63, 3.8) is 0 Å². The average Bonchev–Trinajstić information content (AvgIpc) is 2.62. The summed E-state index contributed by atoms with van der Waals surface area (Å²) in [6.45, 7) is 0. The van der Waals surface area contributed by atoms with Crippen LogP contribution in [0.1, 0.15) is 35.2 Å². The monoisotopic (exact) mass is 314 g/mol. The second kappa shape index (κ2) is 5.30. The van der Waals surface area contributed by atoms with Gasteiger partial charge in [-0.25, -0.2) is 0 Å². The molecular formula is C17H15BrO. The van der Waals surface area contributed by atoms with E-state index in [2.05, 4.69) is 46.3 Å². The van der Waals surface area contributed by atoms with Gasteiger partial charge in [-0.2, -0.15) is 0 Å². The highest BCUT2D eigenvalue weighted by Crippen LogP contribution is 2.31. The van der Waals surface area contributed by atoms with Gasteiger partial charge in [0.2, 0.25) is 0 Å². The maximum absolute atomic E-state index is 12.4. The molecule has 2 heteroatoms. The highest BCUT2D eigenvalue weighted by Gasteiger charge is 2.19. The molecule has 0 radical (unpaired) electrons. The van der Waals surface area contributed by atoms with Crippen LogP contribution in [0.3, 0.4) is 0 Å². The number of halogens is 1. The van der Waals surface area contributed by atoms with Crippen LogP contribution in [-0.4, -0.2) is 5.78 Å². The molecule has 1 aliphatic carbocycles. The van der Waals surface area contributed by atoms with E-state index in [0.717, 1.165) is 40.4 Å². The number of benzene rings is 2. The summed E-state index contributed by atoms with van der Waals surface area (Å²) in [6.07, 6.45) is 3.82. The highest BCUT2D eigenvalue weighted by molar-refractivity contribution is 9.10. The largest absolute Gasteiger partial charge is 0.294 e. The molecule has 0 unspecified atom stereocenters. The molecular weight excluding hydrogens is 300 g/mol. The van der Waals surface area contributed by atoms with E-state index in [4.69, 9.17) is 0 Å². The molecule has 0 saturated heterocycles.